The number of imide groups is 1. The summed E-state index contributed by atoms with van der Waals surface area (Å²) in [4.78, 5) is 60.2. The van der Waals surface area contributed by atoms with Crippen LogP contribution in [0.5, 0.6) is 11.5 Å². The van der Waals surface area contributed by atoms with Crippen LogP contribution in [0.25, 0.3) is 5.57 Å². The molecule has 8 rings (SSSR count). The molecule has 0 unspecified atom stereocenters. The number of hydrogen-bond acceptors (Lipinski definition) is 6. The first-order valence-electron chi connectivity index (χ1n) is 16.9. The van der Waals surface area contributed by atoms with Crippen LogP contribution in [0.3, 0.4) is 0 Å². The van der Waals surface area contributed by atoms with Gasteiger partial charge in [0.05, 0.1) is 35.1 Å². The van der Waals surface area contributed by atoms with Gasteiger partial charge in [0.1, 0.15) is 0 Å². The monoisotopic (exact) mass is 717 g/mol. The van der Waals surface area contributed by atoms with Gasteiger partial charge in [0, 0.05) is 22.4 Å². The smallest absolute Gasteiger partial charge is 0.238 e. The van der Waals surface area contributed by atoms with Gasteiger partial charge in [0.2, 0.25) is 11.8 Å². The van der Waals surface area contributed by atoms with Crippen molar-refractivity contribution in [3.8, 4) is 11.5 Å². The molecule has 9 heteroatoms. The van der Waals surface area contributed by atoms with Crippen LogP contribution in [-0.2, 0) is 24.6 Å². The number of fused-ring (bicyclic) bond motifs is 4. The van der Waals surface area contributed by atoms with Crippen LogP contribution in [0.2, 0.25) is 10.0 Å². The van der Waals surface area contributed by atoms with E-state index < -0.39 is 35.0 Å². The summed E-state index contributed by atoms with van der Waals surface area (Å²) in [6.45, 7) is 1.85. The predicted molar refractivity (Wildman–Crippen MR) is 195 cm³/mol. The minimum Gasteiger partial charge on any atom is -0.503 e. The van der Waals surface area contributed by atoms with Crippen molar-refractivity contribution in [2.24, 2.45) is 23.7 Å². The maximum Gasteiger partial charge on any atom is 0.238 e. The van der Waals surface area contributed by atoms with Crippen molar-refractivity contribution in [3.05, 3.63) is 141 Å². The third kappa shape index (κ3) is 4.85. The summed E-state index contributed by atoms with van der Waals surface area (Å²) in [6.07, 6.45) is 3.87. The van der Waals surface area contributed by atoms with Crippen molar-refractivity contribution in [3.63, 3.8) is 0 Å². The van der Waals surface area contributed by atoms with E-state index in [1.54, 1.807) is 30.3 Å². The van der Waals surface area contributed by atoms with Crippen LogP contribution in [0, 0.1) is 30.6 Å². The van der Waals surface area contributed by atoms with E-state index in [0.29, 0.717) is 33.0 Å². The SMILES string of the molecule is COc1cc([C@H]2C3=CC[C@@H]4C(=O)N(c5ccc(C)c(Cl)c5)C(=O)[C@@H]4[C@@H]3C[C@H]3C(=O)C(c4ccccc4)=CC(=O)[C@@]23c2ccccc2)cc(Cl)c1O. The number of hydrogen-bond donors (Lipinski definition) is 1. The van der Waals surface area contributed by atoms with Crippen molar-refractivity contribution in [2.75, 3.05) is 12.0 Å². The highest BCUT2D eigenvalue weighted by Gasteiger charge is 2.66. The average molecular weight is 719 g/mol. The Morgan fingerprint density at radius 1 is 0.843 bits per heavy atom. The molecule has 4 aliphatic rings. The molecule has 1 aliphatic heterocycles. The normalized spacial score (nSPS) is 27.0. The molecule has 256 valence electrons. The number of phenolic OH excluding ortho intramolecular Hbond substituents is 1. The van der Waals surface area contributed by atoms with Crippen LogP contribution >= 0.6 is 23.2 Å². The number of aryl methyl sites for hydroxylation is 1. The van der Waals surface area contributed by atoms with Crippen molar-refractivity contribution < 1.29 is 29.0 Å². The van der Waals surface area contributed by atoms with Crippen LogP contribution in [-0.4, -0.2) is 35.6 Å². The average Bonchev–Trinajstić information content (AvgIpc) is 3.40. The first kappa shape index (κ1) is 33.2. The Bertz CT molecular complexity index is 2210. The second-order valence-electron chi connectivity index (χ2n) is 13.8. The number of nitrogens with zero attached hydrogens (tertiary/aromatic N) is 1. The van der Waals surface area contributed by atoms with Crippen molar-refractivity contribution in [2.45, 2.75) is 31.1 Å². The van der Waals surface area contributed by atoms with Gasteiger partial charge in [-0.05, 0) is 78.3 Å². The van der Waals surface area contributed by atoms with E-state index in [1.807, 2.05) is 73.7 Å². The molecule has 1 saturated carbocycles. The van der Waals surface area contributed by atoms with Gasteiger partial charge in [0.15, 0.2) is 23.1 Å². The molecule has 1 N–H and O–H groups in total. The van der Waals surface area contributed by atoms with Gasteiger partial charge in [0.25, 0.3) is 0 Å². The standard InChI is InChI=1S/C42H33Cl2NO6/c1-22-13-14-26(19-32(22)43)45-40(49)28-16-15-27-30(36(28)41(45)50)20-31-38(47)29(23-9-5-3-6-10-23)21-35(46)42(31,25-11-7-4-8-12-25)37(27)24-17-33(44)39(48)34(18-24)51-2/h3-15,17-19,21,28,30-31,36-37,48H,16,20H2,1-2H3/t28-,30+,31-,36-,37-,42-/m0/s1. The Morgan fingerprint density at radius 2 is 1.55 bits per heavy atom. The number of ether oxygens (including phenoxy) is 1. The second-order valence-corrected chi connectivity index (χ2v) is 14.6. The van der Waals surface area contributed by atoms with E-state index in [-0.39, 0.29) is 52.7 Å². The third-order valence-corrected chi connectivity index (χ3v) is 12.1. The van der Waals surface area contributed by atoms with Crippen LogP contribution in [0.1, 0.15) is 41.0 Å². The molecule has 0 bridgehead atoms. The molecule has 6 atom stereocenters. The van der Waals surface area contributed by atoms with E-state index in [4.69, 9.17) is 27.9 Å². The number of benzene rings is 4. The van der Waals surface area contributed by atoms with E-state index in [0.717, 1.165) is 11.1 Å². The molecule has 2 amide bonds. The number of methoxy groups -OCH3 is 1. The summed E-state index contributed by atoms with van der Waals surface area (Å²) in [6, 6.07) is 26.8. The molecule has 4 aromatic rings. The number of aromatic hydroxyl groups is 1. The van der Waals surface area contributed by atoms with E-state index in [1.165, 1.54) is 18.1 Å². The molecule has 0 aromatic heterocycles. The number of allylic oxidation sites excluding steroid dienone is 4. The molecule has 1 heterocycles. The van der Waals surface area contributed by atoms with Gasteiger partial charge in [-0.15, -0.1) is 0 Å². The van der Waals surface area contributed by atoms with Gasteiger partial charge < -0.3 is 9.84 Å². The number of ketones is 2. The summed E-state index contributed by atoms with van der Waals surface area (Å²) >= 11 is 13.1. The molecule has 51 heavy (non-hydrogen) atoms. The zero-order valence-corrected chi connectivity index (χ0v) is 29.3. The predicted octanol–water partition coefficient (Wildman–Crippen LogP) is 8.05. The number of phenols is 1. The highest BCUT2D eigenvalue weighted by molar-refractivity contribution is 6.33. The number of anilines is 1. The Hall–Kier alpha value is -4.98. The molecule has 7 nitrogen and oxygen atoms in total. The second kappa shape index (κ2) is 12.4. The van der Waals surface area contributed by atoms with Crippen molar-refractivity contribution in [1.29, 1.82) is 0 Å². The lowest BCUT2D eigenvalue weighted by Crippen LogP contribution is -2.58. The fourth-order valence-electron chi connectivity index (χ4n) is 9.14. The van der Waals surface area contributed by atoms with Gasteiger partial charge >= 0.3 is 0 Å². The molecule has 4 aromatic carbocycles. The number of carbonyl (C=O) groups is 4. The fraction of sp³-hybridized carbons (Fsp3) is 0.238. The number of carbonyl (C=O) groups excluding carboxylic acids is 4. The number of Topliss-reactive ketones (excluding diaryl/α,β-unsaturated/α-hetero) is 1. The third-order valence-electron chi connectivity index (χ3n) is 11.4. The lowest BCUT2D eigenvalue weighted by atomic mass is 9.44. The minimum atomic E-state index is -1.44. The van der Waals surface area contributed by atoms with Crippen LogP contribution < -0.4 is 9.64 Å². The number of amides is 2. The maximum atomic E-state index is 15.2. The summed E-state index contributed by atoms with van der Waals surface area (Å²) in [5, 5.41) is 11.2. The molecule has 1 saturated heterocycles. The summed E-state index contributed by atoms with van der Waals surface area (Å²) < 4.78 is 5.54. The Morgan fingerprint density at radius 3 is 2.24 bits per heavy atom. The summed E-state index contributed by atoms with van der Waals surface area (Å²) in [5.74, 6) is -5.01. The first-order valence-corrected chi connectivity index (χ1v) is 17.6. The highest BCUT2D eigenvalue weighted by Crippen LogP contribution is 2.64. The van der Waals surface area contributed by atoms with Crippen LogP contribution in [0.15, 0.2) is 109 Å². The van der Waals surface area contributed by atoms with Crippen molar-refractivity contribution in [1.82, 2.24) is 0 Å². The summed E-state index contributed by atoms with van der Waals surface area (Å²) in [7, 11) is 1.41. The fourth-order valence-corrected chi connectivity index (χ4v) is 9.53. The van der Waals surface area contributed by atoms with Crippen LogP contribution in [0.4, 0.5) is 5.69 Å². The zero-order valence-electron chi connectivity index (χ0n) is 27.8. The largest absolute Gasteiger partial charge is 0.503 e. The van der Waals surface area contributed by atoms with E-state index >= 15 is 9.59 Å². The van der Waals surface area contributed by atoms with Gasteiger partial charge in [-0.2, -0.15) is 0 Å². The quantitative estimate of drug-likeness (QED) is 0.166. The molecule has 0 radical (unpaired) electrons. The van der Waals surface area contributed by atoms with Crippen molar-refractivity contribution >= 4 is 57.8 Å². The zero-order chi connectivity index (χ0) is 35.8. The lowest BCUT2D eigenvalue weighted by molar-refractivity contribution is -0.135. The minimum absolute atomic E-state index is 0.0187. The molecule has 0 spiro atoms. The Labute approximate surface area is 305 Å². The van der Waals surface area contributed by atoms with Gasteiger partial charge in [-0.25, -0.2) is 4.90 Å². The van der Waals surface area contributed by atoms with Gasteiger partial charge in [-0.3, -0.25) is 19.2 Å². The lowest BCUT2D eigenvalue weighted by Gasteiger charge is -2.55. The first-order chi connectivity index (χ1) is 24.6. The highest BCUT2D eigenvalue weighted by atomic mass is 35.5. The van der Waals surface area contributed by atoms with Gasteiger partial charge in [-0.1, -0.05) is 102 Å². The molecular formula is C42H33Cl2NO6. The number of halogens is 2. The topological polar surface area (TPSA) is 101 Å². The molecular weight excluding hydrogens is 685 g/mol. The summed E-state index contributed by atoms with van der Waals surface area (Å²) in [5.41, 5.74) is 2.69. The van der Waals surface area contributed by atoms with E-state index in [9.17, 15) is 14.7 Å². The number of rotatable bonds is 5. The molecule has 3 aliphatic carbocycles. The Kier molecular flexibility index (Phi) is 8.04. The maximum absolute atomic E-state index is 15.2. The molecule has 2 fully saturated rings. The van der Waals surface area contributed by atoms with E-state index in [2.05, 4.69) is 0 Å². The Balaban J connectivity index is 1.37.